The molecule has 0 bridgehead atoms. The molecule has 0 amide bonds. The second-order valence-electron chi connectivity index (χ2n) is 3.13. The highest BCUT2D eigenvalue weighted by atomic mass is 16.5. The Bertz CT molecular complexity index is 390. The molecule has 0 unspecified atom stereocenters. The van der Waals surface area contributed by atoms with Crippen LogP contribution in [0.1, 0.15) is 13.2 Å². The van der Waals surface area contributed by atoms with Crippen molar-refractivity contribution in [2.24, 2.45) is 0 Å². The molecule has 8 nitrogen and oxygen atoms in total. The van der Waals surface area contributed by atoms with Gasteiger partial charge in [-0.25, -0.2) is 9.78 Å². The van der Waals surface area contributed by atoms with Gasteiger partial charge in [-0.1, -0.05) is 0 Å². The Balaban J connectivity index is 2.80. The number of nitrogens with two attached hydrogens (primary N) is 1. The predicted octanol–water partition coefficient (Wildman–Crippen LogP) is -1.89. The number of ether oxygens (including phenoxy) is 1. The number of nitrogens with zero attached hydrogens (tertiary/aromatic N) is 3. The molecule has 0 aliphatic heterocycles. The van der Waals surface area contributed by atoms with Crippen LogP contribution in [0.25, 0.3) is 0 Å². The maximum absolute atomic E-state index is 11.4. The zero-order valence-electron chi connectivity index (χ0n) is 8.78. The van der Waals surface area contributed by atoms with Gasteiger partial charge in [0.1, 0.15) is 18.7 Å². The number of aliphatic hydroxyl groups is 2. The van der Waals surface area contributed by atoms with Crippen molar-refractivity contribution in [3.05, 3.63) is 16.8 Å². The quantitative estimate of drug-likeness (QED) is 0.540. The highest BCUT2D eigenvalue weighted by molar-refractivity contribution is 5.09. The lowest BCUT2D eigenvalue weighted by atomic mass is 10.4. The molecule has 1 aromatic heterocycles. The van der Waals surface area contributed by atoms with Crippen LogP contribution >= 0.6 is 0 Å². The van der Waals surface area contributed by atoms with Crippen molar-refractivity contribution in [1.29, 1.82) is 0 Å². The summed E-state index contributed by atoms with van der Waals surface area (Å²) in [6.07, 6.45) is -0.252. The van der Waals surface area contributed by atoms with Gasteiger partial charge >= 0.3 is 5.69 Å². The van der Waals surface area contributed by atoms with Crippen molar-refractivity contribution in [3.63, 3.8) is 0 Å². The average molecular weight is 230 g/mol. The number of anilines is 1. The fourth-order valence-electron chi connectivity index (χ4n) is 1.09. The molecule has 1 rings (SSSR count). The van der Waals surface area contributed by atoms with Crippen LogP contribution in [0.15, 0.2) is 11.1 Å². The molecule has 90 valence electrons. The van der Waals surface area contributed by atoms with Gasteiger partial charge in [-0.3, -0.25) is 4.57 Å². The van der Waals surface area contributed by atoms with Crippen molar-refractivity contribution < 1.29 is 14.9 Å². The predicted molar refractivity (Wildman–Crippen MR) is 54.5 cm³/mol. The molecule has 4 N–H and O–H groups in total. The van der Waals surface area contributed by atoms with Crippen molar-refractivity contribution in [2.45, 2.75) is 19.3 Å². The van der Waals surface area contributed by atoms with Crippen LogP contribution in [0.3, 0.4) is 0 Å². The summed E-state index contributed by atoms with van der Waals surface area (Å²) in [5.74, 6) is -0.116. The molecule has 0 aliphatic rings. The molecule has 8 heteroatoms. The zero-order chi connectivity index (χ0) is 12.1. The van der Waals surface area contributed by atoms with Crippen molar-refractivity contribution in [1.82, 2.24) is 14.5 Å². The van der Waals surface area contributed by atoms with E-state index in [2.05, 4.69) is 9.97 Å². The standard InChI is InChI=1S/C8H14N4O4/c1-5(16-6(2-13)3-14)12-4-10-7(9)11-8(12)15/h4-6,13-14H,2-3H2,1H3,(H2,9,11,15)/t5-/m1/s1. The van der Waals surface area contributed by atoms with Gasteiger partial charge in [0.25, 0.3) is 0 Å². The SMILES string of the molecule is C[C@@H](OC(CO)CO)n1cnc(N)nc1=O. The van der Waals surface area contributed by atoms with Gasteiger partial charge in [0.2, 0.25) is 5.95 Å². The molecule has 0 spiro atoms. The fraction of sp³-hybridized carbons (Fsp3) is 0.625. The molecule has 0 aromatic carbocycles. The lowest BCUT2D eigenvalue weighted by molar-refractivity contribution is -0.0873. The van der Waals surface area contributed by atoms with E-state index in [9.17, 15) is 4.79 Å². The highest BCUT2D eigenvalue weighted by Gasteiger charge is 2.14. The van der Waals surface area contributed by atoms with E-state index in [4.69, 9.17) is 20.7 Å². The van der Waals surface area contributed by atoms with Gasteiger partial charge in [0, 0.05) is 0 Å². The Labute approximate surface area is 91.3 Å². The van der Waals surface area contributed by atoms with E-state index in [-0.39, 0.29) is 19.2 Å². The summed E-state index contributed by atoms with van der Waals surface area (Å²) < 4.78 is 6.30. The molecule has 0 aliphatic carbocycles. The second-order valence-corrected chi connectivity index (χ2v) is 3.13. The minimum absolute atomic E-state index is 0.116. The molecule has 16 heavy (non-hydrogen) atoms. The van der Waals surface area contributed by atoms with Crippen LogP contribution in [0.4, 0.5) is 5.95 Å². The summed E-state index contributed by atoms with van der Waals surface area (Å²) in [6, 6.07) is 0. The highest BCUT2D eigenvalue weighted by Crippen LogP contribution is 2.06. The lowest BCUT2D eigenvalue weighted by Crippen LogP contribution is -2.32. The van der Waals surface area contributed by atoms with Gasteiger partial charge in [0.05, 0.1) is 13.2 Å². The van der Waals surface area contributed by atoms with Crippen LogP contribution in [0.2, 0.25) is 0 Å². The van der Waals surface area contributed by atoms with Gasteiger partial charge in [-0.05, 0) is 6.92 Å². The van der Waals surface area contributed by atoms with Crippen molar-refractivity contribution in [3.8, 4) is 0 Å². The number of hydrogen-bond acceptors (Lipinski definition) is 7. The molecule has 1 aromatic rings. The van der Waals surface area contributed by atoms with Crippen LogP contribution < -0.4 is 11.4 Å². The summed E-state index contributed by atoms with van der Waals surface area (Å²) in [5, 5.41) is 17.6. The number of nitrogen functional groups attached to an aromatic ring is 1. The van der Waals surface area contributed by atoms with Crippen LogP contribution in [-0.4, -0.2) is 44.1 Å². The molecule has 1 atom stereocenters. The minimum atomic E-state index is -0.751. The first-order chi connectivity index (χ1) is 7.58. The van der Waals surface area contributed by atoms with Crippen LogP contribution in [0.5, 0.6) is 0 Å². The summed E-state index contributed by atoms with van der Waals surface area (Å²) >= 11 is 0. The second kappa shape index (κ2) is 5.54. The Morgan fingerprint density at radius 1 is 1.56 bits per heavy atom. The van der Waals surface area contributed by atoms with E-state index in [0.717, 1.165) is 4.57 Å². The Hall–Kier alpha value is -1.51. The number of hydrogen-bond donors (Lipinski definition) is 3. The summed E-state index contributed by atoms with van der Waals surface area (Å²) in [5.41, 5.74) is 4.62. The first kappa shape index (κ1) is 12.6. The minimum Gasteiger partial charge on any atom is -0.394 e. The Kier molecular flexibility index (Phi) is 4.35. The van der Waals surface area contributed by atoms with Gasteiger partial charge in [-0.2, -0.15) is 4.98 Å². The molecule has 0 fully saturated rings. The number of aromatic nitrogens is 3. The monoisotopic (exact) mass is 230 g/mol. The normalized spacial score (nSPS) is 13.0. The molecule has 0 saturated carbocycles. The fourth-order valence-corrected chi connectivity index (χ4v) is 1.09. The molecule has 0 saturated heterocycles. The molecule has 1 heterocycles. The van der Waals surface area contributed by atoms with E-state index < -0.39 is 18.0 Å². The van der Waals surface area contributed by atoms with Gasteiger partial charge in [0.15, 0.2) is 0 Å². The Morgan fingerprint density at radius 2 is 2.19 bits per heavy atom. The summed E-state index contributed by atoms with van der Waals surface area (Å²) in [7, 11) is 0. The van der Waals surface area contributed by atoms with Crippen molar-refractivity contribution >= 4 is 5.95 Å². The van der Waals surface area contributed by atoms with E-state index in [1.165, 1.54) is 6.33 Å². The first-order valence-electron chi connectivity index (χ1n) is 4.66. The zero-order valence-corrected chi connectivity index (χ0v) is 8.78. The van der Waals surface area contributed by atoms with Crippen molar-refractivity contribution in [2.75, 3.05) is 18.9 Å². The Morgan fingerprint density at radius 3 is 2.69 bits per heavy atom. The maximum atomic E-state index is 11.4. The third-order valence-electron chi connectivity index (χ3n) is 1.93. The first-order valence-corrected chi connectivity index (χ1v) is 4.66. The lowest BCUT2D eigenvalue weighted by Gasteiger charge is -2.19. The van der Waals surface area contributed by atoms with E-state index >= 15 is 0 Å². The largest absolute Gasteiger partial charge is 0.394 e. The van der Waals surface area contributed by atoms with Crippen LogP contribution in [-0.2, 0) is 4.74 Å². The maximum Gasteiger partial charge on any atom is 0.354 e. The molecule has 0 radical (unpaired) electrons. The van der Waals surface area contributed by atoms with Gasteiger partial charge in [-0.15, -0.1) is 0 Å². The topological polar surface area (TPSA) is 123 Å². The third kappa shape index (κ3) is 2.99. The molecular weight excluding hydrogens is 216 g/mol. The van der Waals surface area contributed by atoms with E-state index in [1.807, 2.05) is 0 Å². The smallest absolute Gasteiger partial charge is 0.354 e. The number of aliphatic hydroxyl groups excluding tert-OH is 2. The average Bonchev–Trinajstić information content (AvgIpc) is 2.25. The van der Waals surface area contributed by atoms with E-state index in [1.54, 1.807) is 6.92 Å². The van der Waals surface area contributed by atoms with Crippen LogP contribution in [0, 0.1) is 0 Å². The third-order valence-corrected chi connectivity index (χ3v) is 1.93. The molecular formula is C8H14N4O4. The van der Waals surface area contributed by atoms with Gasteiger partial charge < -0.3 is 20.7 Å². The number of rotatable bonds is 5. The van der Waals surface area contributed by atoms with E-state index in [0.29, 0.717) is 0 Å². The summed E-state index contributed by atoms with van der Waals surface area (Å²) in [4.78, 5) is 18.4. The summed E-state index contributed by atoms with van der Waals surface area (Å²) in [6.45, 7) is 0.885.